The van der Waals surface area contributed by atoms with Gasteiger partial charge in [0, 0.05) is 23.2 Å². The van der Waals surface area contributed by atoms with Crippen molar-refractivity contribution in [2.75, 3.05) is 11.9 Å². The van der Waals surface area contributed by atoms with Crippen molar-refractivity contribution >= 4 is 11.6 Å². The molecule has 30 heavy (non-hydrogen) atoms. The summed E-state index contributed by atoms with van der Waals surface area (Å²) < 4.78 is 6.12. The van der Waals surface area contributed by atoms with Crippen LogP contribution in [0.25, 0.3) is 0 Å². The maximum absolute atomic E-state index is 13.0. The monoisotopic (exact) mass is 401 g/mol. The van der Waals surface area contributed by atoms with E-state index in [1.165, 1.54) is 6.20 Å². The second kappa shape index (κ2) is 8.07. The molecular weight excluding hydrogens is 378 g/mol. The second-order valence-electron chi connectivity index (χ2n) is 7.83. The van der Waals surface area contributed by atoms with Crippen molar-refractivity contribution in [3.05, 3.63) is 66.0 Å². The Morgan fingerprint density at radius 2 is 2.23 bits per heavy atom. The fourth-order valence-corrected chi connectivity index (χ4v) is 4.08. The van der Waals surface area contributed by atoms with E-state index >= 15 is 0 Å². The molecule has 2 heterocycles. The molecule has 1 fully saturated rings. The SMILES string of the molecule is Cc1ncc(OC[C@@]2(C3C=CC=CC3)C[C@H]2C(=O)Nc2ccnc(C#N)c2)c(C)n1. The largest absolute Gasteiger partial charge is 0.489 e. The number of hydrogen-bond donors (Lipinski definition) is 1. The van der Waals surface area contributed by atoms with Gasteiger partial charge in [0.1, 0.15) is 17.6 Å². The van der Waals surface area contributed by atoms with E-state index in [0.29, 0.717) is 23.9 Å². The second-order valence-corrected chi connectivity index (χ2v) is 7.83. The van der Waals surface area contributed by atoms with E-state index in [1.807, 2.05) is 32.1 Å². The molecule has 2 aromatic rings. The number of amides is 1. The van der Waals surface area contributed by atoms with Crippen LogP contribution in [0.15, 0.2) is 48.8 Å². The van der Waals surface area contributed by atoms with Gasteiger partial charge in [-0.25, -0.2) is 15.0 Å². The number of hydrogen-bond acceptors (Lipinski definition) is 6. The van der Waals surface area contributed by atoms with Gasteiger partial charge >= 0.3 is 0 Å². The summed E-state index contributed by atoms with van der Waals surface area (Å²) in [6.07, 6.45) is 13.2. The van der Waals surface area contributed by atoms with E-state index in [-0.39, 0.29) is 28.9 Å². The van der Waals surface area contributed by atoms with Gasteiger partial charge < -0.3 is 10.1 Å². The molecule has 1 amide bonds. The minimum absolute atomic E-state index is 0.0616. The highest BCUT2D eigenvalue weighted by Crippen LogP contribution is 2.60. The van der Waals surface area contributed by atoms with Crippen molar-refractivity contribution in [2.24, 2.45) is 17.3 Å². The van der Waals surface area contributed by atoms with Crippen LogP contribution in [0.5, 0.6) is 5.75 Å². The summed E-state index contributed by atoms with van der Waals surface area (Å²) in [6, 6.07) is 5.26. The van der Waals surface area contributed by atoms with Crippen LogP contribution in [0, 0.1) is 42.4 Å². The van der Waals surface area contributed by atoms with Gasteiger partial charge in [-0.1, -0.05) is 24.3 Å². The maximum atomic E-state index is 13.0. The van der Waals surface area contributed by atoms with Crippen molar-refractivity contribution in [3.63, 3.8) is 0 Å². The molecule has 0 radical (unpaired) electrons. The molecule has 2 aromatic heterocycles. The standard InChI is InChI=1S/C23H23N5O2/c1-15-21(13-26-16(2)27-15)30-14-23(17-6-4-3-5-7-17)11-20(23)22(29)28-18-8-9-25-19(10-18)12-24/h3-6,8-10,13,17,20H,7,11,14H2,1-2H3,(H,25,28,29)/t17?,20-,23+/m0/s1. The number of nitriles is 1. The van der Waals surface area contributed by atoms with Crippen LogP contribution in [0.1, 0.15) is 30.1 Å². The molecule has 3 atom stereocenters. The molecule has 1 unspecified atom stereocenters. The van der Waals surface area contributed by atoms with Crippen LogP contribution < -0.4 is 10.1 Å². The normalized spacial score (nSPS) is 24.2. The highest BCUT2D eigenvalue weighted by molar-refractivity contribution is 5.95. The molecule has 0 saturated heterocycles. The van der Waals surface area contributed by atoms with E-state index in [0.717, 1.165) is 18.5 Å². The van der Waals surface area contributed by atoms with Gasteiger partial charge in [-0.05, 0) is 44.7 Å². The molecule has 2 aliphatic rings. The summed E-state index contributed by atoms with van der Waals surface area (Å²) in [7, 11) is 0. The molecule has 4 rings (SSSR count). The molecule has 0 bridgehead atoms. The molecule has 152 valence electrons. The van der Waals surface area contributed by atoms with Gasteiger partial charge in [-0.3, -0.25) is 4.79 Å². The van der Waals surface area contributed by atoms with Gasteiger partial charge in [0.2, 0.25) is 5.91 Å². The Bertz CT molecular complexity index is 1070. The van der Waals surface area contributed by atoms with Crippen LogP contribution in [-0.2, 0) is 4.79 Å². The summed E-state index contributed by atoms with van der Waals surface area (Å²) in [4.78, 5) is 25.6. The van der Waals surface area contributed by atoms with Gasteiger partial charge in [0.25, 0.3) is 0 Å². The third-order valence-corrected chi connectivity index (χ3v) is 5.85. The first kappa shape index (κ1) is 19.8. The molecule has 1 N–H and O–H groups in total. The summed E-state index contributed by atoms with van der Waals surface area (Å²) >= 11 is 0. The Balaban J connectivity index is 1.51. The molecule has 0 aliphatic heterocycles. The van der Waals surface area contributed by atoms with E-state index in [2.05, 4.69) is 32.4 Å². The fraction of sp³-hybridized carbons (Fsp3) is 0.348. The number of allylic oxidation sites excluding steroid dienone is 4. The number of nitrogens with one attached hydrogen (secondary N) is 1. The highest BCUT2D eigenvalue weighted by atomic mass is 16.5. The molecular formula is C23H23N5O2. The molecule has 0 spiro atoms. The van der Waals surface area contributed by atoms with Crippen LogP contribution in [0.2, 0.25) is 0 Å². The first-order valence-electron chi connectivity index (χ1n) is 9.95. The van der Waals surface area contributed by atoms with Crippen molar-refractivity contribution in [1.29, 1.82) is 5.26 Å². The van der Waals surface area contributed by atoms with Crippen LogP contribution in [0.4, 0.5) is 5.69 Å². The first-order chi connectivity index (χ1) is 14.5. The van der Waals surface area contributed by atoms with E-state index in [4.69, 9.17) is 10.00 Å². The lowest BCUT2D eigenvalue weighted by molar-refractivity contribution is -0.118. The summed E-state index contributed by atoms with van der Waals surface area (Å²) in [5.74, 6) is 1.33. The lowest BCUT2D eigenvalue weighted by Crippen LogP contribution is -2.29. The zero-order valence-corrected chi connectivity index (χ0v) is 17.0. The lowest BCUT2D eigenvalue weighted by atomic mass is 9.82. The molecule has 0 aromatic carbocycles. The van der Waals surface area contributed by atoms with Crippen molar-refractivity contribution in [2.45, 2.75) is 26.7 Å². The Hall–Kier alpha value is -3.53. The quantitative estimate of drug-likeness (QED) is 0.795. The average molecular weight is 401 g/mol. The number of carbonyl (C=O) groups is 1. The predicted octanol–water partition coefficient (Wildman–Crippen LogP) is 3.52. The third kappa shape index (κ3) is 3.94. The molecule has 2 aliphatic carbocycles. The Morgan fingerprint density at radius 3 is 2.97 bits per heavy atom. The summed E-state index contributed by atoms with van der Waals surface area (Å²) in [5.41, 5.74) is 1.36. The predicted molar refractivity (Wildman–Crippen MR) is 112 cm³/mol. The highest BCUT2D eigenvalue weighted by Gasteiger charge is 2.62. The Kier molecular flexibility index (Phi) is 5.32. The number of rotatable bonds is 6. The number of pyridine rings is 1. The summed E-state index contributed by atoms with van der Waals surface area (Å²) in [5, 5.41) is 12.0. The third-order valence-electron chi connectivity index (χ3n) is 5.85. The Labute approximate surface area is 175 Å². The number of aryl methyl sites for hydroxylation is 2. The van der Waals surface area contributed by atoms with Gasteiger partial charge in [-0.2, -0.15) is 5.26 Å². The van der Waals surface area contributed by atoms with Crippen LogP contribution in [0.3, 0.4) is 0 Å². The smallest absolute Gasteiger partial charge is 0.228 e. The number of nitrogens with zero attached hydrogens (tertiary/aromatic N) is 4. The van der Waals surface area contributed by atoms with Crippen LogP contribution in [-0.4, -0.2) is 27.5 Å². The number of anilines is 1. The fourth-order valence-electron chi connectivity index (χ4n) is 4.08. The van der Waals surface area contributed by atoms with E-state index < -0.39 is 0 Å². The molecule has 1 saturated carbocycles. The number of aromatic nitrogens is 3. The van der Waals surface area contributed by atoms with E-state index in [9.17, 15) is 4.79 Å². The minimum atomic E-state index is -0.284. The van der Waals surface area contributed by atoms with Gasteiger partial charge in [0.05, 0.1) is 18.5 Å². The summed E-state index contributed by atoms with van der Waals surface area (Å²) in [6.45, 7) is 4.16. The first-order valence-corrected chi connectivity index (χ1v) is 9.95. The lowest BCUT2D eigenvalue weighted by Gasteiger charge is -2.26. The maximum Gasteiger partial charge on any atom is 0.228 e. The average Bonchev–Trinajstić information content (AvgIpc) is 3.50. The van der Waals surface area contributed by atoms with Crippen molar-refractivity contribution in [3.8, 4) is 11.8 Å². The van der Waals surface area contributed by atoms with Crippen molar-refractivity contribution in [1.82, 2.24) is 15.0 Å². The topological polar surface area (TPSA) is 101 Å². The molecule has 7 nitrogen and oxygen atoms in total. The number of carbonyl (C=O) groups excluding carboxylic acids is 1. The zero-order valence-electron chi connectivity index (χ0n) is 17.0. The van der Waals surface area contributed by atoms with Crippen LogP contribution >= 0.6 is 0 Å². The van der Waals surface area contributed by atoms with Gasteiger partial charge in [-0.15, -0.1) is 0 Å². The van der Waals surface area contributed by atoms with Gasteiger partial charge in [0.15, 0.2) is 5.75 Å². The number of ether oxygens (including phenoxy) is 1. The zero-order chi connectivity index (χ0) is 21.1. The minimum Gasteiger partial charge on any atom is -0.489 e. The molecule has 7 heteroatoms. The Morgan fingerprint density at radius 1 is 1.37 bits per heavy atom. The van der Waals surface area contributed by atoms with Crippen molar-refractivity contribution < 1.29 is 9.53 Å². The van der Waals surface area contributed by atoms with E-state index in [1.54, 1.807) is 18.3 Å².